The summed E-state index contributed by atoms with van der Waals surface area (Å²) in [6.07, 6.45) is -1.05. The minimum Gasteiger partial charge on any atom is -0.390 e. The third kappa shape index (κ3) is 6.16. The predicted molar refractivity (Wildman–Crippen MR) is 140 cm³/mol. The van der Waals surface area contributed by atoms with Gasteiger partial charge in [-0.25, -0.2) is 18.4 Å². The lowest BCUT2D eigenvalue weighted by Crippen LogP contribution is -2.51. The largest absolute Gasteiger partial charge is 0.417 e. The van der Waals surface area contributed by atoms with Crippen molar-refractivity contribution in [3.05, 3.63) is 66.5 Å². The first kappa shape index (κ1) is 27.3. The first-order valence-corrected chi connectivity index (χ1v) is 14.0. The average molecular weight is 563 g/mol. The molecule has 9 nitrogen and oxygen atoms in total. The molecular weight excluding hydrogens is 533 g/mol. The molecule has 2 aliphatic rings. The van der Waals surface area contributed by atoms with Crippen LogP contribution in [0.15, 0.2) is 65.8 Å². The van der Waals surface area contributed by atoms with Crippen molar-refractivity contribution in [3.63, 3.8) is 0 Å². The first-order chi connectivity index (χ1) is 18.5. The summed E-state index contributed by atoms with van der Waals surface area (Å²) >= 11 is 0. The molecule has 1 saturated carbocycles. The number of anilines is 2. The number of hydrogen-bond acceptors (Lipinski definition) is 8. The molecule has 1 aliphatic heterocycles. The van der Waals surface area contributed by atoms with Crippen molar-refractivity contribution in [3.8, 4) is 11.1 Å². The monoisotopic (exact) mass is 562 g/mol. The lowest BCUT2D eigenvalue weighted by Gasteiger charge is -2.35. The minimum absolute atomic E-state index is 0.0989. The fraction of sp³-hybridized carbons (Fsp3) is 0.385. The second-order valence-electron chi connectivity index (χ2n) is 9.93. The van der Waals surface area contributed by atoms with Gasteiger partial charge < -0.3 is 21.5 Å². The van der Waals surface area contributed by atoms with Crippen LogP contribution in [0.1, 0.15) is 24.8 Å². The van der Waals surface area contributed by atoms with Gasteiger partial charge in [0, 0.05) is 43.1 Å². The number of nitrogens with zero attached hydrogens (tertiary/aromatic N) is 3. The van der Waals surface area contributed by atoms with Crippen LogP contribution in [0.2, 0.25) is 0 Å². The molecule has 0 radical (unpaired) electrons. The zero-order chi connectivity index (χ0) is 27.8. The molecular formula is C26H29F3N6O3S. The quantitative estimate of drug-likeness (QED) is 0.345. The standard InChI is InChI=1S/C26H29F3N6O3S/c27-26(28,29)18-4-8-25(32-14-18)34-22-9-10-35(15-23(22)36)39(37,38)21-5-1-16(2-6-21)17-3-7-24(31-13-17)33-20-11-19(30)12-20/h1-8,13-14,19-20,22-23,36H,9-12,15,30H2,(H,31,33)(H,32,34)/t19-,20-,22-,23+/m1/s1. The third-order valence-electron chi connectivity index (χ3n) is 7.08. The number of sulfonamides is 1. The molecule has 0 unspecified atom stereocenters. The van der Waals surface area contributed by atoms with E-state index in [1.807, 2.05) is 12.1 Å². The Morgan fingerprint density at radius 2 is 1.56 bits per heavy atom. The third-order valence-corrected chi connectivity index (χ3v) is 8.96. The van der Waals surface area contributed by atoms with Crippen molar-refractivity contribution in [2.45, 2.75) is 54.6 Å². The number of alkyl halides is 3. The zero-order valence-corrected chi connectivity index (χ0v) is 21.7. The van der Waals surface area contributed by atoms with E-state index in [9.17, 15) is 26.7 Å². The Morgan fingerprint density at radius 3 is 2.13 bits per heavy atom. The molecule has 208 valence electrons. The number of piperidine rings is 1. The number of nitrogens with one attached hydrogen (secondary N) is 2. The second kappa shape index (κ2) is 10.7. The van der Waals surface area contributed by atoms with Gasteiger partial charge in [0.2, 0.25) is 10.0 Å². The number of benzene rings is 1. The van der Waals surface area contributed by atoms with Gasteiger partial charge in [0.1, 0.15) is 11.6 Å². The van der Waals surface area contributed by atoms with Gasteiger partial charge in [-0.3, -0.25) is 0 Å². The van der Waals surface area contributed by atoms with Crippen LogP contribution < -0.4 is 16.4 Å². The fourth-order valence-electron chi connectivity index (χ4n) is 4.73. The fourth-order valence-corrected chi connectivity index (χ4v) is 6.21. The number of β-amino-alcohol motifs (C(OH)–C–C–N with tert-alkyl or cyclic N) is 1. The molecule has 0 bridgehead atoms. The predicted octanol–water partition coefficient (Wildman–Crippen LogP) is 3.30. The number of hydrogen-bond donors (Lipinski definition) is 4. The molecule has 2 aromatic heterocycles. The van der Waals surface area contributed by atoms with Crippen LogP contribution in [0.4, 0.5) is 24.8 Å². The van der Waals surface area contributed by atoms with E-state index in [0.29, 0.717) is 12.2 Å². The highest BCUT2D eigenvalue weighted by atomic mass is 32.2. The minimum atomic E-state index is -4.49. The molecule has 3 aromatic rings. The molecule has 0 spiro atoms. The molecule has 2 fully saturated rings. The van der Waals surface area contributed by atoms with Crippen LogP contribution in [0.3, 0.4) is 0 Å². The van der Waals surface area contributed by atoms with E-state index in [4.69, 9.17) is 5.73 Å². The number of nitrogens with two attached hydrogens (primary N) is 1. The highest BCUT2D eigenvalue weighted by molar-refractivity contribution is 7.89. The summed E-state index contributed by atoms with van der Waals surface area (Å²) in [6, 6.07) is 12.4. The van der Waals surface area contributed by atoms with Crippen molar-refractivity contribution in [2.24, 2.45) is 5.73 Å². The van der Waals surface area contributed by atoms with Gasteiger partial charge in [-0.2, -0.15) is 17.5 Å². The molecule has 3 heterocycles. The van der Waals surface area contributed by atoms with Crippen molar-refractivity contribution in [1.29, 1.82) is 0 Å². The van der Waals surface area contributed by atoms with Crippen molar-refractivity contribution >= 4 is 21.7 Å². The summed E-state index contributed by atoms with van der Waals surface area (Å²) < 4.78 is 65.9. The van der Waals surface area contributed by atoms with E-state index in [2.05, 4.69) is 20.6 Å². The van der Waals surface area contributed by atoms with E-state index in [-0.39, 0.29) is 36.3 Å². The Kier molecular flexibility index (Phi) is 7.51. The van der Waals surface area contributed by atoms with Gasteiger partial charge in [0.15, 0.2) is 0 Å². The van der Waals surface area contributed by atoms with Gasteiger partial charge in [0.05, 0.1) is 22.6 Å². The van der Waals surface area contributed by atoms with Crippen LogP contribution in [0, 0.1) is 0 Å². The molecule has 5 N–H and O–H groups in total. The van der Waals surface area contributed by atoms with Gasteiger partial charge in [-0.15, -0.1) is 0 Å². The maximum Gasteiger partial charge on any atom is 0.417 e. The summed E-state index contributed by atoms with van der Waals surface area (Å²) in [5.74, 6) is 0.935. The van der Waals surface area contributed by atoms with Crippen molar-refractivity contribution < 1.29 is 26.7 Å². The average Bonchev–Trinajstić information content (AvgIpc) is 2.89. The Hall–Kier alpha value is -3.26. The Labute approximate surface area is 224 Å². The highest BCUT2D eigenvalue weighted by Gasteiger charge is 2.35. The normalized spacial score (nSPS) is 24.1. The Bertz CT molecular complexity index is 1380. The zero-order valence-electron chi connectivity index (χ0n) is 20.8. The summed E-state index contributed by atoms with van der Waals surface area (Å²) in [6.45, 7) is -0.0314. The summed E-state index contributed by atoms with van der Waals surface area (Å²) in [7, 11) is -3.86. The molecule has 0 amide bonds. The number of aliphatic hydroxyl groups is 1. The SMILES string of the molecule is N[C@H]1C[C@H](Nc2ccc(-c3ccc(S(=O)(=O)N4CC[C@@H](Nc5ccc(C(F)(F)F)cn5)[C@@H](O)C4)cc3)cn2)C1. The lowest BCUT2D eigenvalue weighted by molar-refractivity contribution is -0.137. The number of aromatic nitrogens is 2. The maximum atomic E-state index is 13.2. The van der Waals surface area contributed by atoms with Crippen LogP contribution in [-0.4, -0.2) is 65.1 Å². The molecule has 1 saturated heterocycles. The maximum absolute atomic E-state index is 13.2. The van der Waals surface area contributed by atoms with E-state index < -0.39 is 33.9 Å². The summed E-state index contributed by atoms with van der Waals surface area (Å²) in [5, 5.41) is 16.8. The molecule has 2 atom stereocenters. The van der Waals surface area contributed by atoms with Gasteiger partial charge in [-0.05, 0) is 61.2 Å². The van der Waals surface area contributed by atoms with Gasteiger partial charge in [-0.1, -0.05) is 12.1 Å². The van der Waals surface area contributed by atoms with Gasteiger partial charge in [0.25, 0.3) is 0 Å². The molecule has 13 heteroatoms. The van der Waals surface area contributed by atoms with E-state index in [0.717, 1.165) is 35.9 Å². The highest BCUT2D eigenvalue weighted by Crippen LogP contribution is 2.30. The summed E-state index contributed by atoms with van der Waals surface area (Å²) in [4.78, 5) is 8.30. The van der Waals surface area contributed by atoms with E-state index in [1.54, 1.807) is 18.3 Å². The summed E-state index contributed by atoms with van der Waals surface area (Å²) in [5.41, 5.74) is 6.59. The van der Waals surface area contributed by atoms with Crippen molar-refractivity contribution in [2.75, 3.05) is 23.7 Å². The molecule has 5 rings (SSSR count). The number of halogens is 3. The van der Waals surface area contributed by atoms with Crippen LogP contribution in [0.5, 0.6) is 0 Å². The molecule has 1 aliphatic carbocycles. The number of pyridine rings is 2. The lowest BCUT2D eigenvalue weighted by atomic mass is 9.88. The Balaban J connectivity index is 1.19. The Morgan fingerprint density at radius 1 is 0.923 bits per heavy atom. The smallest absolute Gasteiger partial charge is 0.390 e. The van der Waals surface area contributed by atoms with E-state index >= 15 is 0 Å². The molecule has 1 aromatic carbocycles. The first-order valence-electron chi connectivity index (χ1n) is 12.6. The van der Waals surface area contributed by atoms with E-state index in [1.165, 1.54) is 22.5 Å². The molecule has 39 heavy (non-hydrogen) atoms. The van der Waals surface area contributed by atoms with Crippen LogP contribution >= 0.6 is 0 Å². The van der Waals surface area contributed by atoms with Crippen molar-refractivity contribution in [1.82, 2.24) is 14.3 Å². The van der Waals surface area contributed by atoms with Crippen LogP contribution in [-0.2, 0) is 16.2 Å². The second-order valence-corrected chi connectivity index (χ2v) is 11.9. The van der Waals surface area contributed by atoms with Gasteiger partial charge >= 0.3 is 6.18 Å². The van der Waals surface area contributed by atoms with Crippen LogP contribution in [0.25, 0.3) is 11.1 Å². The number of aliphatic hydroxyl groups excluding tert-OH is 1. The topological polar surface area (TPSA) is 133 Å². The number of rotatable bonds is 7.